The minimum absolute atomic E-state index is 0.0445. The highest BCUT2D eigenvalue weighted by molar-refractivity contribution is 7.98. The fourth-order valence-electron chi connectivity index (χ4n) is 5.08. The highest BCUT2D eigenvalue weighted by Crippen LogP contribution is 2.20. The summed E-state index contributed by atoms with van der Waals surface area (Å²) in [6.07, 6.45) is 4.15. The monoisotopic (exact) mass is 645 g/mol. The van der Waals surface area contributed by atoms with Crippen molar-refractivity contribution >= 4 is 46.4 Å². The van der Waals surface area contributed by atoms with Crippen LogP contribution in [0.4, 0.5) is 0 Å². The van der Waals surface area contributed by atoms with Gasteiger partial charge in [-0.05, 0) is 59.7 Å². The molecular formula is C34H39N5O6S. The number of carbonyl (C=O) groups is 4. The second kappa shape index (κ2) is 16.5. The van der Waals surface area contributed by atoms with Crippen molar-refractivity contribution in [3.63, 3.8) is 0 Å². The summed E-state index contributed by atoms with van der Waals surface area (Å²) in [5.74, 6) is -2.48. The number of aromatic amines is 1. The maximum absolute atomic E-state index is 13.9. The van der Waals surface area contributed by atoms with Gasteiger partial charge in [0.05, 0.1) is 6.04 Å². The van der Waals surface area contributed by atoms with Crippen molar-refractivity contribution in [1.82, 2.24) is 20.9 Å². The number of phenols is 1. The number of rotatable bonds is 16. The number of thioether (sulfide) groups is 1. The molecule has 242 valence electrons. The number of aromatic hydroxyl groups is 1. The van der Waals surface area contributed by atoms with Crippen molar-refractivity contribution in [2.24, 2.45) is 5.73 Å². The standard InChI is InChI=1S/C34H39N5O6S/c1-46-16-15-28(34(44)45)37-33(43)30(19-23-20-36-27-10-6-5-9-25(23)27)39-32(42)29(18-22-11-13-24(40)14-12-22)38-31(41)26(35)17-21-7-3-2-4-8-21/h2-14,20,26,28-30,36,40H,15-19,35H2,1H3,(H,37,43)(H,38,41)(H,39,42)(H,44,45). The molecule has 12 heteroatoms. The molecule has 1 heterocycles. The Morgan fingerprint density at radius 1 is 0.761 bits per heavy atom. The van der Waals surface area contributed by atoms with E-state index in [1.165, 1.54) is 23.9 Å². The van der Waals surface area contributed by atoms with Crippen LogP contribution in [0.2, 0.25) is 0 Å². The van der Waals surface area contributed by atoms with Crippen LogP contribution < -0.4 is 21.7 Å². The van der Waals surface area contributed by atoms with Crippen molar-refractivity contribution in [1.29, 1.82) is 0 Å². The number of hydrogen-bond acceptors (Lipinski definition) is 7. The summed E-state index contributed by atoms with van der Waals surface area (Å²) in [7, 11) is 0. The molecule has 3 aromatic carbocycles. The number of amides is 3. The zero-order valence-corrected chi connectivity index (χ0v) is 26.3. The third kappa shape index (κ3) is 9.59. The number of para-hydroxylation sites is 1. The van der Waals surface area contributed by atoms with Crippen LogP contribution in [0.1, 0.15) is 23.1 Å². The lowest BCUT2D eigenvalue weighted by Crippen LogP contribution is -2.58. The third-order valence-electron chi connectivity index (χ3n) is 7.60. The summed E-state index contributed by atoms with van der Waals surface area (Å²) in [5, 5.41) is 28.5. The number of aliphatic carboxylic acids is 1. The number of phenolic OH excluding ortho intramolecular Hbond substituents is 1. The SMILES string of the molecule is CSCCC(NC(=O)C(Cc1c[nH]c2ccccc12)NC(=O)C(Cc1ccc(O)cc1)NC(=O)C(N)Cc1ccccc1)C(=O)O. The minimum Gasteiger partial charge on any atom is -0.508 e. The predicted molar refractivity (Wildman–Crippen MR) is 178 cm³/mol. The minimum atomic E-state index is -1.18. The largest absolute Gasteiger partial charge is 0.508 e. The number of H-pyrrole nitrogens is 1. The molecule has 4 unspecified atom stereocenters. The molecule has 0 saturated heterocycles. The van der Waals surface area contributed by atoms with Crippen LogP contribution in [0.25, 0.3) is 10.9 Å². The molecule has 4 aromatic rings. The van der Waals surface area contributed by atoms with Crippen LogP contribution in [0.3, 0.4) is 0 Å². The summed E-state index contributed by atoms with van der Waals surface area (Å²) in [4.78, 5) is 55.9. The molecule has 0 aliphatic carbocycles. The van der Waals surface area contributed by atoms with Crippen LogP contribution in [0.5, 0.6) is 5.75 Å². The Morgan fingerprint density at radius 3 is 2.02 bits per heavy atom. The highest BCUT2D eigenvalue weighted by atomic mass is 32.2. The molecule has 3 amide bonds. The zero-order valence-electron chi connectivity index (χ0n) is 25.4. The van der Waals surface area contributed by atoms with Crippen LogP contribution in [0.15, 0.2) is 85.1 Å². The van der Waals surface area contributed by atoms with Crippen LogP contribution in [0, 0.1) is 0 Å². The van der Waals surface area contributed by atoms with E-state index in [9.17, 15) is 29.4 Å². The number of benzene rings is 3. The van der Waals surface area contributed by atoms with E-state index >= 15 is 0 Å². The van der Waals surface area contributed by atoms with Crippen molar-refractivity contribution in [3.05, 3.63) is 102 Å². The van der Waals surface area contributed by atoms with Gasteiger partial charge in [-0.15, -0.1) is 0 Å². The first kappa shape index (κ1) is 34.1. The average Bonchev–Trinajstić information content (AvgIpc) is 3.46. The number of nitrogens with one attached hydrogen (secondary N) is 4. The van der Waals surface area contributed by atoms with Gasteiger partial charge in [-0.2, -0.15) is 11.8 Å². The summed E-state index contributed by atoms with van der Waals surface area (Å²) in [6.45, 7) is 0. The average molecular weight is 646 g/mol. The normalized spacial score (nSPS) is 13.7. The molecule has 11 nitrogen and oxygen atoms in total. The Hall–Kier alpha value is -4.81. The van der Waals surface area contributed by atoms with Gasteiger partial charge in [0.25, 0.3) is 0 Å². The van der Waals surface area contributed by atoms with Gasteiger partial charge in [-0.1, -0.05) is 60.7 Å². The molecule has 1 aromatic heterocycles. The van der Waals surface area contributed by atoms with Crippen molar-refractivity contribution in [2.45, 2.75) is 49.9 Å². The second-order valence-corrected chi connectivity index (χ2v) is 12.0. The molecule has 46 heavy (non-hydrogen) atoms. The first-order valence-corrected chi connectivity index (χ1v) is 16.3. The Labute approximate surface area is 271 Å². The van der Waals surface area contributed by atoms with E-state index in [2.05, 4.69) is 20.9 Å². The van der Waals surface area contributed by atoms with E-state index in [-0.39, 0.29) is 31.4 Å². The van der Waals surface area contributed by atoms with E-state index in [4.69, 9.17) is 5.73 Å². The van der Waals surface area contributed by atoms with Crippen LogP contribution in [-0.4, -0.2) is 75.1 Å². The van der Waals surface area contributed by atoms with E-state index in [0.717, 1.165) is 22.0 Å². The zero-order chi connectivity index (χ0) is 33.1. The number of hydrogen-bond donors (Lipinski definition) is 7. The maximum atomic E-state index is 13.9. The van der Waals surface area contributed by atoms with Crippen molar-refractivity contribution in [3.8, 4) is 5.75 Å². The molecular weight excluding hydrogens is 606 g/mol. The summed E-state index contributed by atoms with van der Waals surface area (Å²) in [6, 6.07) is 18.6. The highest BCUT2D eigenvalue weighted by Gasteiger charge is 2.31. The van der Waals surface area contributed by atoms with Crippen LogP contribution in [-0.2, 0) is 38.4 Å². The lowest BCUT2D eigenvalue weighted by atomic mass is 10.0. The molecule has 4 atom stereocenters. The number of fused-ring (bicyclic) bond motifs is 1. The van der Waals surface area contributed by atoms with Crippen molar-refractivity contribution in [2.75, 3.05) is 12.0 Å². The van der Waals surface area contributed by atoms with Gasteiger partial charge in [0.15, 0.2) is 0 Å². The molecule has 0 fully saturated rings. The number of carboxylic acid groups (broad SMARTS) is 1. The van der Waals surface area contributed by atoms with Gasteiger partial charge >= 0.3 is 5.97 Å². The lowest BCUT2D eigenvalue weighted by Gasteiger charge is -2.25. The molecule has 0 aliphatic heterocycles. The molecule has 4 rings (SSSR count). The molecule has 0 aliphatic rings. The molecule has 0 saturated carbocycles. The first-order valence-electron chi connectivity index (χ1n) is 14.9. The quantitative estimate of drug-likeness (QED) is 0.0969. The number of carbonyl (C=O) groups excluding carboxylic acids is 3. The molecule has 0 bridgehead atoms. The predicted octanol–water partition coefficient (Wildman–Crippen LogP) is 2.52. The van der Waals surface area contributed by atoms with Gasteiger partial charge in [-0.25, -0.2) is 4.79 Å². The smallest absolute Gasteiger partial charge is 0.326 e. The number of aromatic nitrogens is 1. The fraction of sp³-hybridized carbons (Fsp3) is 0.294. The molecule has 0 spiro atoms. The molecule has 8 N–H and O–H groups in total. The first-order chi connectivity index (χ1) is 22.1. The Balaban J connectivity index is 1.59. The maximum Gasteiger partial charge on any atom is 0.326 e. The van der Waals surface area contributed by atoms with E-state index in [1.807, 2.05) is 60.9 Å². The Bertz CT molecular complexity index is 1630. The van der Waals surface area contributed by atoms with E-state index < -0.39 is 47.9 Å². The topological polar surface area (TPSA) is 187 Å². The fourth-order valence-corrected chi connectivity index (χ4v) is 5.56. The van der Waals surface area contributed by atoms with Gasteiger partial charge in [-0.3, -0.25) is 14.4 Å². The van der Waals surface area contributed by atoms with Gasteiger partial charge < -0.3 is 36.9 Å². The van der Waals surface area contributed by atoms with Gasteiger partial charge in [0.2, 0.25) is 17.7 Å². The summed E-state index contributed by atoms with van der Waals surface area (Å²) in [5.41, 5.74) is 9.32. The van der Waals surface area contributed by atoms with Gasteiger partial charge in [0, 0.05) is 29.9 Å². The number of nitrogens with two attached hydrogens (primary N) is 1. The van der Waals surface area contributed by atoms with Crippen LogP contribution >= 0.6 is 11.8 Å². The lowest BCUT2D eigenvalue weighted by molar-refractivity contribution is -0.142. The number of carboxylic acids is 1. The summed E-state index contributed by atoms with van der Waals surface area (Å²) >= 11 is 1.46. The Kier molecular flexibility index (Phi) is 12.2. The second-order valence-electron chi connectivity index (χ2n) is 11.0. The molecule has 0 radical (unpaired) electrons. The Morgan fingerprint density at radius 2 is 1.35 bits per heavy atom. The summed E-state index contributed by atoms with van der Waals surface area (Å²) < 4.78 is 0. The van der Waals surface area contributed by atoms with E-state index in [0.29, 0.717) is 11.3 Å². The van der Waals surface area contributed by atoms with Gasteiger partial charge in [0.1, 0.15) is 23.9 Å². The van der Waals surface area contributed by atoms with Crippen molar-refractivity contribution < 1.29 is 29.4 Å². The third-order valence-corrected chi connectivity index (χ3v) is 8.25. The van der Waals surface area contributed by atoms with E-state index in [1.54, 1.807) is 18.3 Å².